The molecule has 4 rings (SSSR count). The number of aromatic nitrogens is 1. The minimum Gasteiger partial charge on any atom is -0.465 e. The SMILES string of the molecule is Cc1ccc(CN2CC[C@H]3C[C@H](c4nccs4)O[C@@H]3C2)o1. The van der Waals surface area contributed by atoms with Gasteiger partial charge in [-0.05, 0) is 44.4 Å². The molecule has 112 valence electrons. The van der Waals surface area contributed by atoms with Crippen molar-refractivity contribution in [3.05, 3.63) is 40.2 Å². The van der Waals surface area contributed by atoms with Crippen molar-refractivity contribution in [3.63, 3.8) is 0 Å². The first-order chi connectivity index (χ1) is 10.3. The molecule has 0 amide bonds. The minimum absolute atomic E-state index is 0.214. The third-order valence-corrected chi connectivity index (χ3v) is 5.41. The van der Waals surface area contributed by atoms with Crippen LogP contribution in [0, 0.1) is 12.8 Å². The lowest BCUT2D eigenvalue weighted by Gasteiger charge is -2.33. The maximum absolute atomic E-state index is 6.26. The van der Waals surface area contributed by atoms with Crippen molar-refractivity contribution in [1.82, 2.24) is 9.88 Å². The lowest BCUT2D eigenvalue weighted by Crippen LogP contribution is -2.41. The zero-order valence-corrected chi connectivity index (χ0v) is 13.0. The number of hydrogen-bond acceptors (Lipinski definition) is 5. The molecule has 2 saturated heterocycles. The zero-order chi connectivity index (χ0) is 14.2. The highest BCUT2D eigenvalue weighted by molar-refractivity contribution is 7.09. The molecule has 0 bridgehead atoms. The Kier molecular flexibility index (Phi) is 3.57. The number of ether oxygens (including phenoxy) is 1. The van der Waals surface area contributed by atoms with Crippen molar-refractivity contribution in [3.8, 4) is 0 Å². The van der Waals surface area contributed by atoms with Gasteiger partial charge in [-0.25, -0.2) is 4.98 Å². The van der Waals surface area contributed by atoms with Crippen LogP contribution in [0.5, 0.6) is 0 Å². The van der Waals surface area contributed by atoms with Crippen molar-refractivity contribution < 1.29 is 9.15 Å². The zero-order valence-electron chi connectivity index (χ0n) is 12.2. The summed E-state index contributed by atoms with van der Waals surface area (Å²) in [5, 5.41) is 3.17. The Bertz CT molecular complexity index is 595. The van der Waals surface area contributed by atoms with Gasteiger partial charge in [0.1, 0.15) is 22.6 Å². The summed E-state index contributed by atoms with van der Waals surface area (Å²) >= 11 is 1.71. The average molecular weight is 304 g/mol. The normalized spacial score (nSPS) is 29.7. The van der Waals surface area contributed by atoms with Gasteiger partial charge in [-0.1, -0.05) is 0 Å². The Morgan fingerprint density at radius 1 is 1.43 bits per heavy atom. The number of piperidine rings is 1. The van der Waals surface area contributed by atoms with Crippen LogP contribution in [0.2, 0.25) is 0 Å². The van der Waals surface area contributed by atoms with Gasteiger partial charge in [0.2, 0.25) is 0 Å². The van der Waals surface area contributed by atoms with Gasteiger partial charge < -0.3 is 9.15 Å². The number of hydrogen-bond donors (Lipinski definition) is 0. The van der Waals surface area contributed by atoms with E-state index in [1.165, 1.54) is 6.42 Å². The van der Waals surface area contributed by atoms with Crippen LogP contribution in [-0.2, 0) is 11.3 Å². The van der Waals surface area contributed by atoms with Crippen molar-refractivity contribution in [2.75, 3.05) is 13.1 Å². The number of furan rings is 1. The summed E-state index contributed by atoms with van der Waals surface area (Å²) in [6, 6.07) is 4.11. The highest BCUT2D eigenvalue weighted by atomic mass is 32.1. The summed E-state index contributed by atoms with van der Waals surface area (Å²) in [4.78, 5) is 6.86. The van der Waals surface area contributed by atoms with E-state index in [9.17, 15) is 0 Å². The molecule has 0 spiro atoms. The molecule has 2 aliphatic heterocycles. The summed E-state index contributed by atoms with van der Waals surface area (Å²) in [5.74, 6) is 2.73. The first-order valence-corrected chi connectivity index (χ1v) is 8.48. The lowest BCUT2D eigenvalue weighted by molar-refractivity contribution is -0.0108. The smallest absolute Gasteiger partial charge is 0.121 e. The topological polar surface area (TPSA) is 38.5 Å². The molecule has 5 heteroatoms. The monoisotopic (exact) mass is 304 g/mol. The van der Waals surface area contributed by atoms with Crippen molar-refractivity contribution in [1.29, 1.82) is 0 Å². The van der Waals surface area contributed by atoms with E-state index >= 15 is 0 Å². The fraction of sp³-hybridized carbons (Fsp3) is 0.562. The molecular weight excluding hydrogens is 284 g/mol. The number of thiazole rings is 1. The first kappa shape index (κ1) is 13.5. The molecule has 2 aromatic heterocycles. The highest BCUT2D eigenvalue weighted by Gasteiger charge is 2.40. The second kappa shape index (κ2) is 5.55. The summed E-state index contributed by atoms with van der Waals surface area (Å²) in [5.41, 5.74) is 0. The first-order valence-electron chi connectivity index (χ1n) is 7.60. The van der Waals surface area contributed by atoms with Gasteiger partial charge in [-0.3, -0.25) is 4.90 Å². The van der Waals surface area contributed by atoms with Gasteiger partial charge in [-0.2, -0.15) is 0 Å². The molecule has 0 unspecified atom stereocenters. The molecule has 2 aliphatic rings. The van der Waals surface area contributed by atoms with E-state index in [0.29, 0.717) is 12.0 Å². The van der Waals surface area contributed by atoms with Crippen molar-refractivity contribution >= 4 is 11.3 Å². The molecule has 21 heavy (non-hydrogen) atoms. The second-order valence-electron chi connectivity index (χ2n) is 6.07. The number of aryl methyl sites for hydroxylation is 1. The molecular formula is C16H20N2O2S. The fourth-order valence-electron chi connectivity index (χ4n) is 3.48. The standard InChI is InChI=1S/C16H20N2O2S/c1-11-2-3-13(19-11)9-18-6-4-12-8-14(20-15(12)10-18)16-17-5-7-21-16/h2-3,5,7,12,14-15H,4,6,8-10H2,1H3/t12-,14+,15+/m0/s1. The highest BCUT2D eigenvalue weighted by Crippen LogP contribution is 2.41. The van der Waals surface area contributed by atoms with E-state index in [-0.39, 0.29) is 6.10 Å². The second-order valence-corrected chi connectivity index (χ2v) is 6.99. The van der Waals surface area contributed by atoms with Crippen molar-refractivity contribution in [2.45, 2.75) is 38.5 Å². The number of likely N-dealkylation sites (tertiary alicyclic amines) is 1. The predicted octanol–water partition coefficient (Wildman–Crippen LogP) is 3.40. The Hall–Kier alpha value is -1.17. The molecule has 0 aromatic carbocycles. The minimum atomic E-state index is 0.214. The number of fused-ring (bicyclic) bond motifs is 1. The van der Waals surface area contributed by atoms with E-state index in [0.717, 1.165) is 42.6 Å². The van der Waals surface area contributed by atoms with Gasteiger partial charge in [0.25, 0.3) is 0 Å². The quantitative estimate of drug-likeness (QED) is 0.871. The van der Waals surface area contributed by atoms with Gasteiger partial charge in [-0.15, -0.1) is 11.3 Å². The molecule has 0 aliphatic carbocycles. The van der Waals surface area contributed by atoms with Gasteiger partial charge >= 0.3 is 0 Å². The lowest BCUT2D eigenvalue weighted by atomic mass is 9.92. The Balaban J connectivity index is 1.39. The number of nitrogens with zero attached hydrogens (tertiary/aromatic N) is 2. The van der Waals surface area contributed by atoms with Crippen LogP contribution in [-0.4, -0.2) is 29.1 Å². The Labute approximate surface area is 128 Å². The van der Waals surface area contributed by atoms with Gasteiger partial charge in [0.05, 0.1) is 12.6 Å². The van der Waals surface area contributed by atoms with Gasteiger partial charge in [0.15, 0.2) is 0 Å². The molecule has 0 radical (unpaired) electrons. The molecule has 0 N–H and O–H groups in total. The van der Waals surface area contributed by atoms with E-state index in [4.69, 9.17) is 9.15 Å². The van der Waals surface area contributed by atoms with E-state index < -0.39 is 0 Å². The number of rotatable bonds is 3. The summed E-state index contributed by atoms with van der Waals surface area (Å²) in [7, 11) is 0. The van der Waals surface area contributed by atoms with Crippen LogP contribution >= 0.6 is 11.3 Å². The van der Waals surface area contributed by atoms with E-state index in [1.54, 1.807) is 11.3 Å². The maximum Gasteiger partial charge on any atom is 0.121 e. The molecule has 0 saturated carbocycles. The molecule has 4 heterocycles. The van der Waals surface area contributed by atoms with Crippen molar-refractivity contribution in [2.24, 2.45) is 5.92 Å². The Morgan fingerprint density at radius 3 is 3.14 bits per heavy atom. The molecule has 2 aromatic rings. The molecule has 2 fully saturated rings. The summed E-state index contributed by atoms with van der Waals surface area (Å²) in [6.45, 7) is 5.03. The summed E-state index contributed by atoms with van der Waals surface area (Å²) < 4.78 is 11.9. The van der Waals surface area contributed by atoms with Gasteiger partial charge in [0, 0.05) is 18.1 Å². The average Bonchev–Trinajstić information content (AvgIpc) is 3.18. The maximum atomic E-state index is 6.26. The van der Waals surface area contributed by atoms with Crippen LogP contribution in [0.15, 0.2) is 28.1 Å². The van der Waals surface area contributed by atoms with Crippen LogP contribution < -0.4 is 0 Å². The molecule has 3 atom stereocenters. The predicted molar refractivity (Wildman–Crippen MR) is 81.2 cm³/mol. The largest absolute Gasteiger partial charge is 0.465 e. The van der Waals surface area contributed by atoms with Crippen LogP contribution in [0.1, 0.15) is 35.5 Å². The van der Waals surface area contributed by atoms with E-state index in [2.05, 4.69) is 16.0 Å². The van der Waals surface area contributed by atoms with Crippen LogP contribution in [0.25, 0.3) is 0 Å². The Morgan fingerprint density at radius 2 is 2.38 bits per heavy atom. The third kappa shape index (κ3) is 2.78. The fourth-order valence-corrected chi connectivity index (χ4v) is 4.17. The summed E-state index contributed by atoms with van der Waals surface area (Å²) in [6.07, 6.45) is 4.78. The third-order valence-electron chi connectivity index (χ3n) is 4.54. The van der Waals surface area contributed by atoms with Crippen LogP contribution in [0.3, 0.4) is 0 Å². The molecule has 4 nitrogen and oxygen atoms in total. The van der Waals surface area contributed by atoms with Crippen LogP contribution in [0.4, 0.5) is 0 Å². The van der Waals surface area contributed by atoms with E-state index in [1.807, 2.05) is 24.6 Å².